The van der Waals surface area contributed by atoms with Crippen LogP contribution in [0.2, 0.25) is 5.02 Å². The summed E-state index contributed by atoms with van der Waals surface area (Å²) in [5, 5.41) is 4.86. The molecule has 3 N–H and O–H groups in total. The number of aromatic nitrogens is 1. The van der Waals surface area contributed by atoms with Gasteiger partial charge >= 0.3 is 5.97 Å². The lowest BCUT2D eigenvalue weighted by Gasteiger charge is -2.33. The van der Waals surface area contributed by atoms with E-state index in [0.717, 1.165) is 46.3 Å². The number of pyridine rings is 1. The molecule has 1 aliphatic carbocycles. The van der Waals surface area contributed by atoms with E-state index in [0.29, 0.717) is 36.9 Å². The monoisotopic (exact) mass is 553 g/mol. The number of nitrogens with zero attached hydrogens (tertiary/aromatic N) is 1. The normalized spacial score (nSPS) is 15.4. The van der Waals surface area contributed by atoms with Crippen molar-refractivity contribution in [1.29, 1.82) is 0 Å². The fourth-order valence-electron chi connectivity index (χ4n) is 4.84. The van der Waals surface area contributed by atoms with Crippen LogP contribution in [-0.2, 0) is 17.6 Å². The Balaban J connectivity index is 1.47. The van der Waals surface area contributed by atoms with Crippen LogP contribution in [0, 0.1) is 11.3 Å². The molecule has 3 aromatic heterocycles. The van der Waals surface area contributed by atoms with E-state index in [2.05, 4.69) is 26.1 Å². The van der Waals surface area contributed by atoms with Crippen molar-refractivity contribution in [3.63, 3.8) is 0 Å². The van der Waals surface area contributed by atoms with Gasteiger partial charge in [0.15, 0.2) is 0 Å². The van der Waals surface area contributed by atoms with Gasteiger partial charge in [-0.15, -0.1) is 22.7 Å². The number of hydrogen-bond donors (Lipinski definition) is 2. The first-order valence-corrected chi connectivity index (χ1v) is 14.1. The Morgan fingerprint density at radius 2 is 1.86 bits per heavy atom. The van der Waals surface area contributed by atoms with Crippen molar-refractivity contribution in [1.82, 2.24) is 4.98 Å². The molecule has 1 aliphatic rings. The van der Waals surface area contributed by atoms with Crippen LogP contribution in [-0.4, -0.2) is 24.0 Å². The summed E-state index contributed by atoms with van der Waals surface area (Å²) >= 11 is 8.72. The Morgan fingerprint density at radius 1 is 1.14 bits per heavy atom. The highest BCUT2D eigenvalue weighted by Crippen LogP contribution is 2.45. The lowest BCUT2D eigenvalue weighted by atomic mass is 9.72. The highest BCUT2D eigenvalue weighted by molar-refractivity contribution is 7.21. The van der Waals surface area contributed by atoms with Crippen molar-refractivity contribution < 1.29 is 14.3 Å². The summed E-state index contributed by atoms with van der Waals surface area (Å²) in [6.07, 6.45) is 2.66. The maximum absolute atomic E-state index is 13.4. The quantitative estimate of drug-likeness (QED) is 0.256. The standard InChI is InChI=1S/C28H28ClN3O3S2/c1-28(2,3)15-7-10-17-20(13-15)36-26(21(17)27(34)35-4)32-24(33)23-22(30)18-11-12-19(31-25(18)37-23)14-5-8-16(29)9-6-14/h5-6,8-9,11-12,15H,7,10,13,30H2,1-4H3,(H,32,33). The minimum Gasteiger partial charge on any atom is -0.465 e. The maximum Gasteiger partial charge on any atom is 0.341 e. The highest BCUT2D eigenvalue weighted by atomic mass is 35.5. The lowest BCUT2D eigenvalue weighted by molar-refractivity contribution is 0.0600. The summed E-state index contributed by atoms with van der Waals surface area (Å²) in [7, 11) is 1.37. The third-order valence-corrected chi connectivity index (χ3v) is 9.58. The number of carbonyl (C=O) groups is 2. The fourth-order valence-corrected chi connectivity index (χ4v) is 7.26. The number of methoxy groups -OCH3 is 1. The van der Waals surface area contributed by atoms with E-state index in [-0.39, 0.29) is 11.3 Å². The predicted octanol–water partition coefficient (Wildman–Crippen LogP) is 7.45. The molecule has 3 heterocycles. The van der Waals surface area contributed by atoms with Gasteiger partial charge in [0.2, 0.25) is 0 Å². The Kier molecular flexibility index (Phi) is 6.77. The number of carbonyl (C=O) groups excluding carboxylic acids is 2. The van der Waals surface area contributed by atoms with Crippen molar-refractivity contribution in [2.24, 2.45) is 11.3 Å². The van der Waals surface area contributed by atoms with Crippen LogP contribution in [0.1, 0.15) is 57.7 Å². The first-order chi connectivity index (χ1) is 17.6. The molecule has 1 atom stereocenters. The van der Waals surface area contributed by atoms with E-state index in [4.69, 9.17) is 27.1 Å². The van der Waals surface area contributed by atoms with Gasteiger partial charge in [-0.05, 0) is 60.4 Å². The molecule has 4 aromatic rings. The molecule has 5 rings (SSSR count). The lowest BCUT2D eigenvalue weighted by Crippen LogP contribution is -2.26. The number of esters is 1. The molecular formula is C28H28ClN3O3S2. The molecule has 192 valence electrons. The molecule has 0 aliphatic heterocycles. The van der Waals surface area contributed by atoms with Crippen LogP contribution in [0.4, 0.5) is 10.7 Å². The molecule has 6 nitrogen and oxygen atoms in total. The molecule has 1 amide bonds. The second kappa shape index (κ2) is 9.74. The van der Waals surface area contributed by atoms with Crippen molar-refractivity contribution in [3.8, 4) is 11.3 Å². The fraction of sp³-hybridized carbons (Fsp3) is 0.321. The van der Waals surface area contributed by atoms with Gasteiger partial charge in [0.05, 0.1) is 24.1 Å². The molecule has 0 fully saturated rings. The third-order valence-electron chi connectivity index (χ3n) is 7.05. The largest absolute Gasteiger partial charge is 0.465 e. The molecule has 0 radical (unpaired) electrons. The summed E-state index contributed by atoms with van der Waals surface area (Å²) in [6.45, 7) is 6.74. The number of benzene rings is 1. The van der Waals surface area contributed by atoms with Crippen molar-refractivity contribution in [2.45, 2.75) is 40.0 Å². The van der Waals surface area contributed by atoms with Gasteiger partial charge in [-0.3, -0.25) is 4.79 Å². The number of thiophene rings is 2. The summed E-state index contributed by atoms with van der Waals surface area (Å²) < 4.78 is 5.09. The third kappa shape index (κ3) is 4.85. The Morgan fingerprint density at radius 3 is 2.54 bits per heavy atom. The first-order valence-electron chi connectivity index (χ1n) is 12.1. The van der Waals surface area contributed by atoms with E-state index in [9.17, 15) is 9.59 Å². The minimum absolute atomic E-state index is 0.167. The predicted molar refractivity (Wildman–Crippen MR) is 153 cm³/mol. The van der Waals surface area contributed by atoms with Gasteiger partial charge in [-0.1, -0.05) is 44.5 Å². The molecular weight excluding hydrogens is 526 g/mol. The zero-order valence-electron chi connectivity index (χ0n) is 21.1. The van der Waals surface area contributed by atoms with Gasteiger partial charge in [-0.25, -0.2) is 9.78 Å². The number of anilines is 2. The smallest absolute Gasteiger partial charge is 0.341 e. The molecule has 37 heavy (non-hydrogen) atoms. The van der Waals surface area contributed by atoms with Crippen LogP contribution in [0.25, 0.3) is 21.5 Å². The molecule has 0 bridgehead atoms. The summed E-state index contributed by atoms with van der Waals surface area (Å²) in [5.41, 5.74) is 10.1. The maximum atomic E-state index is 13.4. The zero-order valence-corrected chi connectivity index (χ0v) is 23.5. The van der Waals surface area contributed by atoms with Crippen LogP contribution in [0.5, 0.6) is 0 Å². The minimum atomic E-state index is -0.430. The van der Waals surface area contributed by atoms with Gasteiger partial charge in [0, 0.05) is 20.8 Å². The summed E-state index contributed by atoms with van der Waals surface area (Å²) in [5.74, 6) is -0.280. The molecule has 0 saturated heterocycles. The molecule has 1 unspecified atom stereocenters. The Bertz CT molecular complexity index is 1520. The molecule has 0 saturated carbocycles. The van der Waals surface area contributed by atoms with Crippen LogP contribution in [0.15, 0.2) is 36.4 Å². The number of nitrogens with two attached hydrogens (primary N) is 1. The first kappa shape index (κ1) is 25.7. The van der Waals surface area contributed by atoms with E-state index in [1.165, 1.54) is 29.8 Å². The average molecular weight is 554 g/mol. The van der Waals surface area contributed by atoms with E-state index < -0.39 is 5.97 Å². The number of nitrogens with one attached hydrogen (secondary N) is 1. The van der Waals surface area contributed by atoms with Crippen LogP contribution in [0.3, 0.4) is 0 Å². The van der Waals surface area contributed by atoms with Crippen LogP contribution < -0.4 is 11.1 Å². The number of amides is 1. The topological polar surface area (TPSA) is 94.3 Å². The van der Waals surface area contributed by atoms with E-state index in [1.54, 1.807) is 0 Å². The second-order valence-corrected chi connectivity index (χ2v) is 12.9. The van der Waals surface area contributed by atoms with Gasteiger partial charge in [-0.2, -0.15) is 0 Å². The van der Waals surface area contributed by atoms with Crippen LogP contribution >= 0.6 is 34.3 Å². The second-order valence-electron chi connectivity index (χ2n) is 10.4. The number of fused-ring (bicyclic) bond motifs is 2. The number of rotatable bonds is 4. The average Bonchev–Trinajstić information content (AvgIpc) is 3.39. The number of nitrogen functional groups attached to an aromatic ring is 1. The van der Waals surface area contributed by atoms with Crippen molar-refractivity contribution in [2.75, 3.05) is 18.2 Å². The van der Waals surface area contributed by atoms with Gasteiger partial charge in [0.25, 0.3) is 5.91 Å². The molecule has 0 spiro atoms. The Hall–Kier alpha value is -2.94. The molecule has 1 aromatic carbocycles. The van der Waals surface area contributed by atoms with Gasteiger partial charge < -0.3 is 15.8 Å². The number of hydrogen-bond acceptors (Lipinski definition) is 7. The van der Waals surface area contributed by atoms with E-state index in [1.807, 2.05) is 36.4 Å². The van der Waals surface area contributed by atoms with Crippen molar-refractivity contribution >= 4 is 67.1 Å². The van der Waals surface area contributed by atoms with Gasteiger partial charge in [0.1, 0.15) is 14.7 Å². The Labute approximate surface area is 228 Å². The number of halogens is 1. The van der Waals surface area contributed by atoms with E-state index >= 15 is 0 Å². The highest BCUT2D eigenvalue weighted by Gasteiger charge is 2.34. The number of ether oxygens (including phenoxy) is 1. The summed E-state index contributed by atoms with van der Waals surface area (Å²) in [6, 6.07) is 11.2. The summed E-state index contributed by atoms with van der Waals surface area (Å²) in [4.78, 5) is 33.1. The zero-order chi connectivity index (χ0) is 26.5. The SMILES string of the molecule is COC(=O)c1c(NC(=O)c2sc3nc(-c4ccc(Cl)cc4)ccc3c2N)sc2c1CCC(C(C)(C)C)C2. The molecule has 9 heteroatoms. The van der Waals surface area contributed by atoms with Crippen molar-refractivity contribution in [3.05, 3.63) is 62.3 Å².